The molecule has 0 aromatic heterocycles. The van der Waals surface area contributed by atoms with Crippen LogP contribution in [-0.2, 0) is 14.2 Å². The minimum absolute atomic E-state index is 0.0186. The number of phenols is 2. The summed E-state index contributed by atoms with van der Waals surface area (Å²) in [5.74, 6) is -4.80. The molecule has 0 saturated carbocycles. The summed E-state index contributed by atoms with van der Waals surface area (Å²) >= 11 is 0. The number of aromatic carboxylic acids is 4. The van der Waals surface area contributed by atoms with Crippen LogP contribution in [0.15, 0.2) is 97.1 Å². The highest BCUT2D eigenvalue weighted by atomic mass is 16.6. The van der Waals surface area contributed by atoms with E-state index in [0.717, 1.165) is 17.2 Å². The van der Waals surface area contributed by atoms with Crippen molar-refractivity contribution in [3.8, 4) is 11.5 Å². The highest BCUT2D eigenvalue weighted by molar-refractivity contribution is 5.93. The van der Waals surface area contributed by atoms with Crippen molar-refractivity contribution in [3.63, 3.8) is 0 Å². The van der Waals surface area contributed by atoms with Crippen molar-refractivity contribution >= 4 is 23.9 Å². The molecular weight excluding hydrogens is 764 g/mol. The molecule has 0 aliphatic heterocycles. The van der Waals surface area contributed by atoms with E-state index in [0.29, 0.717) is 13.2 Å². The van der Waals surface area contributed by atoms with Crippen LogP contribution >= 0.6 is 0 Å². The van der Waals surface area contributed by atoms with Gasteiger partial charge in [-0.1, -0.05) is 37.3 Å². The van der Waals surface area contributed by atoms with Gasteiger partial charge < -0.3 is 65.3 Å². The Morgan fingerprint density at radius 1 is 0.552 bits per heavy atom. The van der Waals surface area contributed by atoms with E-state index in [9.17, 15) is 44.7 Å². The number of aliphatic hydroxyl groups is 4. The van der Waals surface area contributed by atoms with Crippen LogP contribution in [0, 0.1) is 5.41 Å². The number of ether oxygens (including phenoxy) is 3. The van der Waals surface area contributed by atoms with Crippen LogP contribution in [0.1, 0.15) is 65.4 Å². The van der Waals surface area contributed by atoms with Crippen LogP contribution in [-0.4, -0.2) is 140 Å². The molecular formula is C41H48O17. The Labute approximate surface area is 333 Å². The molecule has 4 aromatic rings. The lowest BCUT2D eigenvalue weighted by atomic mass is 9.63. The zero-order valence-corrected chi connectivity index (χ0v) is 31.5. The summed E-state index contributed by atoms with van der Waals surface area (Å²) in [4.78, 5) is 41.4. The molecule has 0 aliphatic carbocycles. The molecule has 58 heavy (non-hydrogen) atoms. The summed E-state index contributed by atoms with van der Waals surface area (Å²) in [6.45, 7) is 1.88. The average Bonchev–Trinajstić information content (AvgIpc) is 3.21. The molecule has 0 fully saturated rings. The molecule has 3 atom stereocenters. The second-order valence-corrected chi connectivity index (χ2v) is 12.5. The van der Waals surface area contributed by atoms with Gasteiger partial charge in [0.05, 0.1) is 87.3 Å². The quantitative estimate of drug-likeness (QED) is 0.0573. The van der Waals surface area contributed by atoms with E-state index in [2.05, 4.69) is 0 Å². The van der Waals surface area contributed by atoms with E-state index < -0.39 is 60.6 Å². The number of aliphatic hydroxyl groups excluding tert-OH is 4. The van der Waals surface area contributed by atoms with E-state index in [1.807, 2.05) is 0 Å². The lowest BCUT2D eigenvalue weighted by molar-refractivity contribution is -0.138. The van der Waals surface area contributed by atoms with Gasteiger partial charge >= 0.3 is 23.9 Å². The average molecular weight is 813 g/mol. The molecule has 4 aromatic carbocycles. The van der Waals surface area contributed by atoms with Gasteiger partial charge in [0.25, 0.3) is 0 Å². The van der Waals surface area contributed by atoms with Crippen LogP contribution in [0.25, 0.3) is 0 Å². The summed E-state index contributed by atoms with van der Waals surface area (Å²) in [7, 11) is 0. The third kappa shape index (κ3) is 14.9. The predicted molar refractivity (Wildman–Crippen MR) is 206 cm³/mol. The SMILES string of the molecule is CC(C(O)CO)(C(CO)OCCOCCOCCO)C(c1ccc(O)cc1)c1ccc(O)cc1.O=C(O)c1ccc(C(=O)O)cc1.O=C(O)c1cccc(C(=O)O)c1. The van der Waals surface area contributed by atoms with E-state index in [1.165, 1.54) is 66.7 Å². The molecule has 10 N–H and O–H groups in total. The minimum Gasteiger partial charge on any atom is -0.508 e. The van der Waals surface area contributed by atoms with Crippen LogP contribution < -0.4 is 0 Å². The Kier molecular flexibility index (Phi) is 20.5. The second-order valence-electron chi connectivity index (χ2n) is 12.5. The molecule has 0 heterocycles. The van der Waals surface area contributed by atoms with Crippen molar-refractivity contribution in [1.29, 1.82) is 0 Å². The first-order chi connectivity index (χ1) is 27.6. The van der Waals surface area contributed by atoms with E-state index in [1.54, 1.807) is 31.2 Å². The highest BCUT2D eigenvalue weighted by Crippen LogP contribution is 2.47. The molecule has 3 unspecified atom stereocenters. The fourth-order valence-electron chi connectivity index (χ4n) is 5.64. The number of carboxylic acids is 4. The fourth-order valence-corrected chi connectivity index (χ4v) is 5.64. The van der Waals surface area contributed by atoms with Crippen molar-refractivity contribution in [3.05, 3.63) is 130 Å². The van der Waals surface area contributed by atoms with Gasteiger partial charge in [0.1, 0.15) is 11.5 Å². The number of carbonyl (C=O) groups is 4. The zero-order valence-electron chi connectivity index (χ0n) is 31.5. The molecule has 17 heteroatoms. The van der Waals surface area contributed by atoms with Gasteiger partial charge in [-0.15, -0.1) is 0 Å². The van der Waals surface area contributed by atoms with Gasteiger partial charge in [0, 0.05) is 11.3 Å². The fraction of sp³-hybridized carbons (Fsp3) is 0.317. The third-order valence-corrected chi connectivity index (χ3v) is 8.71. The van der Waals surface area contributed by atoms with Crippen LogP contribution in [0.3, 0.4) is 0 Å². The maximum absolute atomic E-state index is 11.0. The molecule has 314 valence electrons. The maximum Gasteiger partial charge on any atom is 0.335 e. The molecule has 0 aliphatic rings. The van der Waals surface area contributed by atoms with Gasteiger partial charge in [-0.2, -0.15) is 0 Å². The second kappa shape index (κ2) is 24.7. The Balaban J connectivity index is 0.000000389. The van der Waals surface area contributed by atoms with Gasteiger partial charge in [0.15, 0.2) is 0 Å². The van der Waals surface area contributed by atoms with Crippen LogP contribution in [0.4, 0.5) is 0 Å². The minimum atomic E-state index is -1.27. The summed E-state index contributed by atoms with van der Waals surface area (Å²) in [6, 6.07) is 23.1. The highest BCUT2D eigenvalue weighted by Gasteiger charge is 2.48. The topological polar surface area (TPSA) is 298 Å². The molecule has 0 radical (unpaired) electrons. The van der Waals surface area contributed by atoms with E-state index in [4.69, 9.17) is 39.7 Å². The molecule has 0 saturated heterocycles. The summed E-state index contributed by atoms with van der Waals surface area (Å²) in [5.41, 5.74) is 0.363. The van der Waals surface area contributed by atoms with Gasteiger partial charge in [-0.25, -0.2) is 19.2 Å². The first-order valence-electron chi connectivity index (χ1n) is 17.6. The Bertz CT molecular complexity index is 1760. The van der Waals surface area contributed by atoms with Crippen LogP contribution in [0.2, 0.25) is 0 Å². The van der Waals surface area contributed by atoms with Gasteiger partial charge in [-0.3, -0.25) is 0 Å². The number of rotatable bonds is 20. The Hall–Kier alpha value is -5.92. The number of carboxylic acid groups (broad SMARTS) is 4. The molecule has 0 spiro atoms. The lowest BCUT2D eigenvalue weighted by Gasteiger charge is -2.46. The van der Waals surface area contributed by atoms with Crippen molar-refractivity contribution in [2.24, 2.45) is 5.41 Å². The molecule has 17 nitrogen and oxygen atoms in total. The predicted octanol–water partition coefficient (Wildman–Crippen LogP) is 3.16. The lowest BCUT2D eigenvalue weighted by Crippen LogP contribution is -2.52. The summed E-state index contributed by atoms with van der Waals surface area (Å²) < 4.78 is 16.5. The Morgan fingerprint density at radius 2 is 0.948 bits per heavy atom. The molecule has 4 rings (SSSR count). The third-order valence-electron chi connectivity index (χ3n) is 8.71. The van der Waals surface area contributed by atoms with Crippen molar-refractivity contribution < 1.29 is 84.5 Å². The zero-order chi connectivity index (χ0) is 43.3. The number of benzene rings is 4. The molecule has 0 bridgehead atoms. The van der Waals surface area contributed by atoms with Crippen molar-refractivity contribution in [2.75, 3.05) is 52.9 Å². The largest absolute Gasteiger partial charge is 0.508 e. The van der Waals surface area contributed by atoms with E-state index in [-0.39, 0.29) is 60.2 Å². The smallest absolute Gasteiger partial charge is 0.335 e. The number of hydrogen-bond donors (Lipinski definition) is 10. The Morgan fingerprint density at radius 3 is 1.31 bits per heavy atom. The monoisotopic (exact) mass is 812 g/mol. The van der Waals surface area contributed by atoms with Gasteiger partial charge in [0.2, 0.25) is 0 Å². The van der Waals surface area contributed by atoms with Crippen molar-refractivity contribution in [2.45, 2.75) is 25.0 Å². The maximum atomic E-state index is 11.0. The molecule has 0 amide bonds. The summed E-state index contributed by atoms with van der Waals surface area (Å²) in [6.07, 6.45) is -2.17. The number of phenolic OH excluding ortho intramolecular Hbond substituents is 2. The first kappa shape index (κ1) is 48.2. The first-order valence-corrected chi connectivity index (χ1v) is 17.6. The van der Waals surface area contributed by atoms with Crippen LogP contribution in [0.5, 0.6) is 11.5 Å². The number of hydrogen-bond acceptors (Lipinski definition) is 13. The van der Waals surface area contributed by atoms with Crippen molar-refractivity contribution in [1.82, 2.24) is 0 Å². The standard InChI is InChI=1S/C25H36O9.2C8H6O4/c1-25(22(31)16-27,23(17-28)34-15-14-33-13-12-32-11-10-26)24(18-2-6-20(29)7-3-18)19-4-8-21(30)9-5-19;9-7(10)5-1-2-6(4-3-5)8(11)12;9-7(10)5-2-1-3-6(4-5)8(11)12/h2-9,22-24,26-31H,10-17H2,1H3;2*1-4H,(H,9,10)(H,11,12). The normalized spacial score (nSPS) is 12.8. The summed E-state index contributed by atoms with van der Waals surface area (Å²) in [5, 5.41) is 93.4. The van der Waals surface area contributed by atoms with E-state index >= 15 is 0 Å². The van der Waals surface area contributed by atoms with Gasteiger partial charge in [-0.05, 0) is 77.9 Å². The number of aromatic hydroxyl groups is 2.